The normalized spacial score (nSPS) is 30.1. The zero-order chi connectivity index (χ0) is 47.5. The van der Waals surface area contributed by atoms with Crippen LogP contribution >= 0.6 is 0 Å². The number of piperazine rings is 1. The Morgan fingerprint density at radius 2 is 1.60 bits per heavy atom. The first kappa shape index (κ1) is 48.5. The Balaban J connectivity index is 1.46. The molecule has 16 heteroatoms. The number of aromatic hydroxyl groups is 3. The summed E-state index contributed by atoms with van der Waals surface area (Å²) in [5.74, 6) is -8.42. The number of hydrogen-bond donors (Lipinski definition) is 6. The molecule has 4 aliphatic heterocycles. The van der Waals surface area contributed by atoms with Gasteiger partial charge in [-0.15, -0.1) is 0 Å². The van der Waals surface area contributed by atoms with Gasteiger partial charge >= 0.3 is 11.8 Å². The van der Waals surface area contributed by atoms with Gasteiger partial charge in [0.05, 0.1) is 53.0 Å². The molecule has 3 aromatic rings. The number of aliphatic hydroxyl groups excluding tert-OH is 2. The van der Waals surface area contributed by atoms with E-state index in [0.717, 1.165) is 6.54 Å². The summed E-state index contributed by atoms with van der Waals surface area (Å²) in [6.07, 6.45) is 4.87. The van der Waals surface area contributed by atoms with Crippen LogP contribution in [-0.2, 0) is 30.3 Å². The molecule has 1 saturated heterocycles. The van der Waals surface area contributed by atoms with Crippen molar-refractivity contribution < 1.29 is 58.9 Å². The van der Waals surface area contributed by atoms with Crippen molar-refractivity contribution in [1.82, 2.24) is 9.91 Å². The number of phenols is 3. The molecule has 65 heavy (non-hydrogen) atoms. The molecule has 1 amide bonds. The summed E-state index contributed by atoms with van der Waals surface area (Å²) in [5, 5.41) is 67.5. The van der Waals surface area contributed by atoms with Gasteiger partial charge in [-0.3, -0.25) is 24.3 Å². The molecule has 350 valence electrons. The number of nitrogens with one attached hydrogen (secondary N) is 1. The summed E-state index contributed by atoms with van der Waals surface area (Å²) in [4.78, 5) is 43.1. The van der Waals surface area contributed by atoms with E-state index < -0.39 is 88.8 Å². The molecule has 1 fully saturated rings. The van der Waals surface area contributed by atoms with E-state index in [1.807, 2.05) is 18.2 Å². The number of methoxy groups -OCH3 is 1. The average molecular weight is 899 g/mol. The maximum atomic E-state index is 14.6. The van der Waals surface area contributed by atoms with Gasteiger partial charge in [-0.25, -0.2) is 0 Å². The second kappa shape index (κ2) is 20.1. The van der Waals surface area contributed by atoms with Crippen molar-refractivity contribution in [3.8, 4) is 23.0 Å². The van der Waals surface area contributed by atoms with Gasteiger partial charge in [-0.2, -0.15) is 5.10 Å². The van der Waals surface area contributed by atoms with Crippen molar-refractivity contribution in [2.24, 2.45) is 28.8 Å². The van der Waals surface area contributed by atoms with Gasteiger partial charge in [0, 0.05) is 93.9 Å². The van der Waals surface area contributed by atoms with E-state index in [2.05, 4.69) is 27.5 Å². The van der Waals surface area contributed by atoms with Crippen LogP contribution in [0.1, 0.15) is 75.5 Å². The monoisotopic (exact) mass is 898 g/mol. The summed E-state index contributed by atoms with van der Waals surface area (Å²) in [6, 6.07) is 10.1. The van der Waals surface area contributed by atoms with Crippen LogP contribution in [0.2, 0.25) is 0 Å². The van der Waals surface area contributed by atoms with Crippen LogP contribution in [0.5, 0.6) is 23.0 Å². The van der Waals surface area contributed by atoms with Gasteiger partial charge in [0.25, 0.3) is 11.7 Å². The minimum atomic E-state index is -2.06. The number of esters is 1. The second-order valence-corrected chi connectivity index (χ2v) is 17.6. The fourth-order valence-corrected chi connectivity index (χ4v) is 8.86. The van der Waals surface area contributed by atoms with E-state index in [-0.39, 0.29) is 44.5 Å². The lowest BCUT2D eigenvalue weighted by atomic mass is 9.78. The SMILES string of the molecule is CO[C@H]1/C=C/O[C@@]2(C)Oc3c(C)c(O)c4c(O)c(c(/C=N/N5CCN(Cc6ccccc6)CC5)c(O)c4c3C2=O)NC(=O)/C(C)=C\C=C\[C@H](C)[C@H](O)[C@@H](C)[C@@H](O)[C@@H](C)[C@H](OC(C)=O)[C@@H]1C. The Kier molecular flexibility index (Phi) is 15.0. The van der Waals surface area contributed by atoms with Crippen LogP contribution in [-0.4, -0.2) is 123 Å². The van der Waals surface area contributed by atoms with Crippen LogP contribution < -0.4 is 10.1 Å². The molecule has 7 rings (SSSR count). The molecule has 5 bridgehead atoms. The van der Waals surface area contributed by atoms with Crippen LogP contribution in [0.25, 0.3) is 10.8 Å². The molecule has 0 spiro atoms. The maximum absolute atomic E-state index is 14.6. The first-order valence-electron chi connectivity index (χ1n) is 21.9. The smallest absolute Gasteiger partial charge is 0.312 e. The number of nitrogens with zero attached hydrogens (tertiary/aromatic N) is 3. The number of carbonyl (C=O) groups excluding carboxylic acids is 3. The zero-order valence-electron chi connectivity index (χ0n) is 38.4. The third kappa shape index (κ3) is 10.0. The third-order valence-corrected chi connectivity index (χ3v) is 13.0. The summed E-state index contributed by atoms with van der Waals surface area (Å²) < 4.78 is 23.7. The number of hydrogen-bond acceptors (Lipinski definition) is 15. The fourth-order valence-electron chi connectivity index (χ4n) is 8.86. The molecule has 16 nitrogen and oxygen atoms in total. The van der Waals surface area contributed by atoms with Crippen molar-refractivity contribution >= 4 is 40.3 Å². The number of fused-ring (bicyclic) bond motifs is 14. The van der Waals surface area contributed by atoms with Gasteiger partial charge in [0.2, 0.25) is 0 Å². The van der Waals surface area contributed by atoms with Crippen molar-refractivity contribution in [2.75, 3.05) is 38.6 Å². The summed E-state index contributed by atoms with van der Waals surface area (Å²) in [5.41, 5.74) is 0.808. The number of carbonyl (C=O) groups is 3. The molecule has 6 N–H and O–H groups in total. The number of benzene rings is 3. The lowest BCUT2D eigenvalue weighted by molar-refractivity contribution is -0.160. The molecule has 4 aliphatic rings. The Bertz CT molecular complexity index is 2390. The number of amides is 1. The van der Waals surface area contributed by atoms with Crippen molar-refractivity contribution in [3.05, 3.63) is 88.7 Å². The Morgan fingerprint density at radius 3 is 2.25 bits per heavy atom. The first-order chi connectivity index (χ1) is 30.8. The number of Topliss-reactive ketones (excluding diaryl/α,β-unsaturated/α-hetero) is 1. The number of aliphatic hydroxyl groups is 2. The second-order valence-electron chi connectivity index (χ2n) is 17.6. The maximum Gasteiger partial charge on any atom is 0.312 e. The lowest BCUT2D eigenvalue weighted by Gasteiger charge is -2.38. The number of anilines is 1. The highest BCUT2D eigenvalue weighted by molar-refractivity contribution is 6.23. The van der Waals surface area contributed by atoms with E-state index in [4.69, 9.17) is 18.9 Å². The largest absolute Gasteiger partial charge is 0.507 e. The molecule has 0 aromatic heterocycles. The van der Waals surface area contributed by atoms with Crippen molar-refractivity contribution in [2.45, 2.75) is 92.1 Å². The van der Waals surface area contributed by atoms with E-state index in [1.54, 1.807) is 44.9 Å². The number of ether oxygens (including phenoxy) is 4. The minimum absolute atomic E-state index is 0.0522. The summed E-state index contributed by atoms with van der Waals surface area (Å²) >= 11 is 0. The molecule has 0 aliphatic carbocycles. The van der Waals surface area contributed by atoms with Crippen LogP contribution in [0, 0.1) is 30.6 Å². The number of rotatable bonds is 6. The average Bonchev–Trinajstić information content (AvgIpc) is 3.55. The lowest BCUT2D eigenvalue weighted by Crippen LogP contribution is -2.46. The van der Waals surface area contributed by atoms with E-state index >= 15 is 0 Å². The summed E-state index contributed by atoms with van der Waals surface area (Å²) in [6.45, 7) is 15.8. The molecule has 0 unspecified atom stereocenters. The molecule has 0 radical (unpaired) electrons. The highest BCUT2D eigenvalue weighted by Gasteiger charge is 2.50. The number of hydrazone groups is 1. The molecular formula is C49H62N4O12. The van der Waals surface area contributed by atoms with Crippen LogP contribution in [0.4, 0.5) is 5.69 Å². The van der Waals surface area contributed by atoms with Gasteiger partial charge in [-0.1, -0.05) is 76.3 Å². The van der Waals surface area contributed by atoms with E-state index in [1.165, 1.54) is 65.0 Å². The van der Waals surface area contributed by atoms with Gasteiger partial charge in [-0.05, 0) is 25.5 Å². The van der Waals surface area contributed by atoms with Gasteiger partial charge in [0.15, 0.2) is 5.75 Å². The third-order valence-electron chi connectivity index (χ3n) is 13.0. The zero-order valence-corrected chi connectivity index (χ0v) is 38.4. The Morgan fingerprint density at radius 1 is 0.923 bits per heavy atom. The van der Waals surface area contributed by atoms with Crippen molar-refractivity contribution in [1.29, 1.82) is 0 Å². The standard InChI is InChI=1S/C49H62N4O12/c1-26-14-13-15-27(2)48(61)51-39-34(24-50-53-21-19-52(20-22-53)25-33-16-11-10-12-17-33)43(58)36-37(44(39)59)42(57)31(6)46-38(36)47(60)49(8,65-46)63-23-18-35(62-9)28(3)45(64-32(7)54)30(5)41(56)29(4)40(26)55/h10-18,23-24,26,28-30,35,40-41,45,55-59H,19-22,25H2,1-9H3,(H,51,61)/b14-13+,23-18+,27-15-,50-24+/t26-,28+,29+,30+,35-,40-,41+,45+,49-/m0/s1. The fraction of sp³-hybridized carbons (Fsp3) is 0.469. The van der Waals surface area contributed by atoms with E-state index in [9.17, 15) is 39.9 Å². The first-order valence-corrected chi connectivity index (χ1v) is 21.9. The molecule has 9 atom stereocenters. The predicted molar refractivity (Wildman–Crippen MR) is 245 cm³/mol. The quantitative estimate of drug-likeness (QED) is 0.0734. The minimum Gasteiger partial charge on any atom is -0.507 e. The number of allylic oxidation sites excluding steroid dienone is 2. The van der Waals surface area contributed by atoms with Gasteiger partial charge in [0.1, 0.15) is 23.4 Å². The Labute approximate surface area is 379 Å². The topological polar surface area (TPSA) is 220 Å². The van der Waals surface area contributed by atoms with Crippen molar-refractivity contribution in [3.63, 3.8) is 0 Å². The van der Waals surface area contributed by atoms with Crippen LogP contribution in [0.3, 0.4) is 0 Å². The highest BCUT2D eigenvalue weighted by atomic mass is 16.7. The molecule has 4 heterocycles. The molecule has 3 aromatic carbocycles. The predicted octanol–water partition coefficient (Wildman–Crippen LogP) is 5.91. The summed E-state index contributed by atoms with van der Waals surface area (Å²) in [7, 11) is 1.44. The highest BCUT2D eigenvalue weighted by Crippen LogP contribution is 2.55. The van der Waals surface area contributed by atoms with Crippen LogP contribution in [0.15, 0.2) is 71.6 Å². The van der Waals surface area contributed by atoms with Gasteiger partial charge < -0.3 is 49.8 Å². The number of ketones is 1. The Hall–Kier alpha value is -5.94. The number of phenolic OH excluding ortho intramolecular Hbond substituents is 3. The van der Waals surface area contributed by atoms with E-state index in [0.29, 0.717) is 26.2 Å². The molecule has 0 saturated carbocycles. The molecular weight excluding hydrogens is 837 g/mol.